The quantitative estimate of drug-likeness (QED) is 0.715. The van der Waals surface area contributed by atoms with E-state index in [2.05, 4.69) is 12.2 Å². The van der Waals surface area contributed by atoms with Gasteiger partial charge in [0.15, 0.2) is 0 Å². The molecule has 0 saturated heterocycles. The lowest BCUT2D eigenvalue weighted by molar-refractivity contribution is -0.121. The van der Waals surface area contributed by atoms with E-state index < -0.39 is 0 Å². The van der Waals surface area contributed by atoms with Gasteiger partial charge >= 0.3 is 0 Å². The maximum atomic E-state index is 11.2. The predicted molar refractivity (Wildman–Crippen MR) is 57.8 cm³/mol. The van der Waals surface area contributed by atoms with Crippen molar-refractivity contribution >= 4 is 5.91 Å². The van der Waals surface area contributed by atoms with E-state index in [0.29, 0.717) is 5.92 Å². The number of amides is 1. The largest absolute Gasteiger partial charge is 0.368 e. The second kappa shape index (κ2) is 5.35. The van der Waals surface area contributed by atoms with Gasteiger partial charge in [-0.1, -0.05) is 26.7 Å². The molecule has 1 saturated carbocycles. The van der Waals surface area contributed by atoms with Crippen LogP contribution in [-0.4, -0.2) is 18.5 Å². The van der Waals surface area contributed by atoms with E-state index in [1.807, 2.05) is 6.92 Å². The third kappa shape index (κ3) is 2.98. The molecular weight excluding hydrogens is 176 g/mol. The molecule has 0 heterocycles. The van der Waals surface area contributed by atoms with Crippen molar-refractivity contribution in [1.29, 1.82) is 0 Å². The standard InChI is InChI=1S/C11H22N2O/c1-3-13-10(11(12)14)9-6-4-8(2)5-7-9/h8-10,13H,3-7H2,1-2H3,(H2,12,14). The van der Waals surface area contributed by atoms with E-state index in [4.69, 9.17) is 5.73 Å². The summed E-state index contributed by atoms with van der Waals surface area (Å²) in [5, 5.41) is 3.19. The lowest BCUT2D eigenvalue weighted by atomic mass is 9.79. The van der Waals surface area contributed by atoms with Gasteiger partial charge in [0.2, 0.25) is 5.91 Å². The van der Waals surface area contributed by atoms with Crippen molar-refractivity contribution in [2.45, 2.75) is 45.6 Å². The Hall–Kier alpha value is -0.570. The second-order valence-corrected chi connectivity index (χ2v) is 4.46. The zero-order valence-corrected chi connectivity index (χ0v) is 9.25. The van der Waals surface area contributed by atoms with Gasteiger partial charge in [-0.25, -0.2) is 0 Å². The van der Waals surface area contributed by atoms with E-state index in [0.717, 1.165) is 25.3 Å². The summed E-state index contributed by atoms with van der Waals surface area (Å²) in [4.78, 5) is 11.2. The predicted octanol–water partition coefficient (Wildman–Crippen LogP) is 1.28. The number of nitrogens with two attached hydrogens (primary N) is 1. The minimum atomic E-state index is -0.189. The van der Waals surface area contributed by atoms with Crippen LogP contribution in [0.1, 0.15) is 39.5 Å². The summed E-state index contributed by atoms with van der Waals surface area (Å²) < 4.78 is 0. The molecule has 0 radical (unpaired) electrons. The van der Waals surface area contributed by atoms with Crippen LogP contribution >= 0.6 is 0 Å². The second-order valence-electron chi connectivity index (χ2n) is 4.46. The Kier molecular flexibility index (Phi) is 4.39. The van der Waals surface area contributed by atoms with Gasteiger partial charge in [-0.15, -0.1) is 0 Å². The Bertz CT molecular complexity index is 186. The van der Waals surface area contributed by atoms with Gasteiger partial charge in [0, 0.05) is 0 Å². The summed E-state index contributed by atoms with van der Waals surface area (Å²) in [5.41, 5.74) is 5.39. The van der Waals surface area contributed by atoms with Crippen molar-refractivity contribution in [2.24, 2.45) is 17.6 Å². The minimum absolute atomic E-state index is 0.104. The number of likely N-dealkylation sites (N-methyl/N-ethyl adjacent to an activating group) is 1. The maximum absolute atomic E-state index is 11.2. The fourth-order valence-electron chi connectivity index (χ4n) is 2.34. The fraction of sp³-hybridized carbons (Fsp3) is 0.909. The van der Waals surface area contributed by atoms with Crippen molar-refractivity contribution in [3.63, 3.8) is 0 Å². The lowest BCUT2D eigenvalue weighted by Gasteiger charge is -2.31. The fourth-order valence-corrected chi connectivity index (χ4v) is 2.34. The highest BCUT2D eigenvalue weighted by molar-refractivity contribution is 5.80. The van der Waals surface area contributed by atoms with E-state index >= 15 is 0 Å². The molecule has 1 unspecified atom stereocenters. The van der Waals surface area contributed by atoms with E-state index in [1.54, 1.807) is 0 Å². The molecule has 0 bridgehead atoms. The highest BCUT2D eigenvalue weighted by Gasteiger charge is 2.28. The van der Waals surface area contributed by atoms with Gasteiger partial charge in [-0.05, 0) is 31.2 Å². The van der Waals surface area contributed by atoms with Crippen LogP contribution in [0.4, 0.5) is 0 Å². The summed E-state index contributed by atoms with van der Waals surface area (Å²) in [5.74, 6) is 1.09. The van der Waals surface area contributed by atoms with Crippen LogP contribution in [0.15, 0.2) is 0 Å². The van der Waals surface area contributed by atoms with Crippen LogP contribution in [-0.2, 0) is 4.79 Å². The molecule has 3 N–H and O–H groups in total. The Morgan fingerprint density at radius 2 is 2.00 bits per heavy atom. The molecule has 1 amide bonds. The summed E-state index contributed by atoms with van der Waals surface area (Å²) in [7, 11) is 0. The highest BCUT2D eigenvalue weighted by atomic mass is 16.1. The molecule has 14 heavy (non-hydrogen) atoms. The Morgan fingerprint density at radius 3 is 2.43 bits per heavy atom. The summed E-state index contributed by atoms with van der Waals surface area (Å²) >= 11 is 0. The van der Waals surface area contributed by atoms with Crippen molar-refractivity contribution in [3.8, 4) is 0 Å². The summed E-state index contributed by atoms with van der Waals surface area (Å²) in [6.07, 6.45) is 4.75. The topological polar surface area (TPSA) is 55.1 Å². The first-order valence-corrected chi connectivity index (χ1v) is 5.67. The lowest BCUT2D eigenvalue weighted by Crippen LogP contribution is -2.47. The zero-order valence-electron chi connectivity index (χ0n) is 9.25. The average molecular weight is 198 g/mol. The van der Waals surface area contributed by atoms with E-state index in [1.165, 1.54) is 12.8 Å². The first-order valence-electron chi connectivity index (χ1n) is 5.67. The molecular formula is C11H22N2O. The third-order valence-electron chi connectivity index (χ3n) is 3.26. The molecule has 3 nitrogen and oxygen atoms in total. The van der Waals surface area contributed by atoms with Gasteiger partial charge in [0.1, 0.15) is 0 Å². The smallest absolute Gasteiger partial charge is 0.234 e. The summed E-state index contributed by atoms with van der Waals surface area (Å²) in [6.45, 7) is 5.11. The molecule has 0 aromatic heterocycles. The number of hydrogen-bond acceptors (Lipinski definition) is 2. The molecule has 3 heteroatoms. The van der Waals surface area contributed by atoms with Gasteiger partial charge in [0.25, 0.3) is 0 Å². The molecule has 1 aliphatic rings. The average Bonchev–Trinajstić information content (AvgIpc) is 2.15. The highest BCUT2D eigenvalue weighted by Crippen LogP contribution is 2.30. The van der Waals surface area contributed by atoms with Crippen LogP contribution in [0.2, 0.25) is 0 Å². The first-order chi connectivity index (χ1) is 6.65. The number of primary amides is 1. The van der Waals surface area contributed by atoms with Crippen LogP contribution in [0.25, 0.3) is 0 Å². The van der Waals surface area contributed by atoms with Crippen molar-refractivity contribution in [2.75, 3.05) is 6.54 Å². The normalized spacial score (nSPS) is 29.9. The van der Waals surface area contributed by atoms with Crippen LogP contribution in [0.5, 0.6) is 0 Å². The third-order valence-corrected chi connectivity index (χ3v) is 3.26. The number of hydrogen-bond donors (Lipinski definition) is 2. The van der Waals surface area contributed by atoms with E-state index in [-0.39, 0.29) is 11.9 Å². The Morgan fingerprint density at radius 1 is 1.43 bits per heavy atom. The number of nitrogens with one attached hydrogen (secondary N) is 1. The molecule has 1 rings (SSSR count). The molecule has 1 atom stereocenters. The van der Waals surface area contributed by atoms with Gasteiger partial charge in [0.05, 0.1) is 6.04 Å². The van der Waals surface area contributed by atoms with E-state index in [9.17, 15) is 4.79 Å². The molecule has 0 spiro atoms. The molecule has 0 aromatic rings. The number of carbonyl (C=O) groups excluding carboxylic acids is 1. The molecule has 1 fully saturated rings. The maximum Gasteiger partial charge on any atom is 0.234 e. The number of rotatable bonds is 4. The molecule has 0 aliphatic heterocycles. The molecule has 82 valence electrons. The number of carbonyl (C=O) groups is 1. The zero-order chi connectivity index (χ0) is 10.6. The van der Waals surface area contributed by atoms with Gasteiger partial charge in [-0.3, -0.25) is 4.79 Å². The van der Waals surface area contributed by atoms with Crippen molar-refractivity contribution < 1.29 is 4.79 Å². The van der Waals surface area contributed by atoms with Gasteiger partial charge < -0.3 is 11.1 Å². The van der Waals surface area contributed by atoms with Crippen molar-refractivity contribution in [3.05, 3.63) is 0 Å². The summed E-state index contributed by atoms with van der Waals surface area (Å²) in [6, 6.07) is -0.104. The Balaban J connectivity index is 2.47. The van der Waals surface area contributed by atoms with Crippen molar-refractivity contribution in [1.82, 2.24) is 5.32 Å². The first kappa shape index (κ1) is 11.5. The minimum Gasteiger partial charge on any atom is -0.368 e. The van der Waals surface area contributed by atoms with Crippen LogP contribution in [0.3, 0.4) is 0 Å². The van der Waals surface area contributed by atoms with Crippen LogP contribution in [0, 0.1) is 11.8 Å². The monoisotopic (exact) mass is 198 g/mol. The molecule has 0 aromatic carbocycles. The van der Waals surface area contributed by atoms with Crippen LogP contribution < -0.4 is 11.1 Å². The SMILES string of the molecule is CCNC(C(N)=O)C1CCC(C)CC1. The van der Waals surface area contributed by atoms with Gasteiger partial charge in [-0.2, -0.15) is 0 Å². The Labute approximate surface area is 86.4 Å². The molecule has 1 aliphatic carbocycles.